The van der Waals surface area contributed by atoms with Gasteiger partial charge in [-0.1, -0.05) is 12.1 Å². The van der Waals surface area contributed by atoms with Gasteiger partial charge in [0, 0.05) is 33.1 Å². The van der Waals surface area contributed by atoms with E-state index in [2.05, 4.69) is 5.32 Å². The molecule has 1 atom stereocenters. The second kappa shape index (κ2) is 6.76. The minimum atomic E-state index is -0.202. The number of benzene rings is 1. The van der Waals surface area contributed by atoms with Gasteiger partial charge in [-0.15, -0.1) is 0 Å². The van der Waals surface area contributed by atoms with Crippen LogP contribution < -0.4 is 14.8 Å². The minimum absolute atomic E-state index is 0.0523. The van der Waals surface area contributed by atoms with Crippen LogP contribution in [0.15, 0.2) is 24.3 Å². The van der Waals surface area contributed by atoms with Crippen molar-refractivity contribution in [1.29, 1.82) is 0 Å². The Kier molecular flexibility index (Phi) is 4.55. The predicted molar refractivity (Wildman–Crippen MR) is 83.6 cm³/mol. The maximum absolute atomic E-state index is 12.2. The molecule has 124 valence electrons. The number of rotatable bonds is 2. The minimum Gasteiger partial charge on any atom is -0.486 e. The van der Waals surface area contributed by atoms with Crippen molar-refractivity contribution in [2.75, 3.05) is 39.3 Å². The molecule has 1 aromatic carbocycles. The molecular weight excluding hydrogens is 298 g/mol. The first-order chi connectivity index (χ1) is 11.1. The summed E-state index contributed by atoms with van der Waals surface area (Å²) < 4.78 is 11.4. The van der Waals surface area contributed by atoms with Crippen molar-refractivity contribution < 1.29 is 19.1 Å². The number of fused-ring (bicyclic) bond motifs is 1. The Hall–Kier alpha value is -2.44. The summed E-state index contributed by atoms with van der Waals surface area (Å²) in [7, 11) is 0. The van der Waals surface area contributed by atoms with Crippen molar-refractivity contribution in [2.24, 2.45) is 0 Å². The third-order valence-electron chi connectivity index (χ3n) is 4.06. The third kappa shape index (κ3) is 3.67. The number of amides is 3. The molecule has 0 aromatic heterocycles. The van der Waals surface area contributed by atoms with Gasteiger partial charge in [0.05, 0.1) is 6.54 Å². The first-order valence-electron chi connectivity index (χ1n) is 7.80. The molecule has 7 nitrogen and oxygen atoms in total. The van der Waals surface area contributed by atoms with E-state index in [0.29, 0.717) is 45.1 Å². The van der Waals surface area contributed by atoms with Gasteiger partial charge in [0.1, 0.15) is 6.61 Å². The first-order valence-corrected chi connectivity index (χ1v) is 7.80. The molecule has 1 fully saturated rings. The van der Waals surface area contributed by atoms with Crippen molar-refractivity contribution in [3.05, 3.63) is 24.3 Å². The van der Waals surface area contributed by atoms with E-state index >= 15 is 0 Å². The standard InChI is InChI=1S/C16H21N3O4/c1-12(20)18-6-8-19(9-7-18)16(21)17-10-13-11-22-14-4-2-3-5-15(14)23-13/h2-5,13H,6-11H2,1H3,(H,17,21)/t13-/m0/s1. The number of nitrogens with one attached hydrogen (secondary N) is 1. The normalized spacial score (nSPS) is 20.1. The van der Waals surface area contributed by atoms with E-state index in [1.165, 1.54) is 0 Å². The number of ether oxygens (including phenoxy) is 2. The van der Waals surface area contributed by atoms with Crippen LogP contribution in [0.3, 0.4) is 0 Å². The van der Waals surface area contributed by atoms with Crippen LogP contribution in [-0.2, 0) is 4.79 Å². The van der Waals surface area contributed by atoms with Crippen LogP contribution in [0.25, 0.3) is 0 Å². The zero-order chi connectivity index (χ0) is 16.2. The molecule has 3 rings (SSSR count). The van der Waals surface area contributed by atoms with Gasteiger partial charge in [0.15, 0.2) is 17.6 Å². The Morgan fingerprint density at radius 3 is 2.48 bits per heavy atom. The quantitative estimate of drug-likeness (QED) is 0.871. The van der Waals surface area contributed by atoms with Gasteiger partial charge >= 0.3 is 6.03 Å². The number of hydrogen-bond acceptors (Lipinski definition) is 4. The first kappa shape index (κ1) is 15.5. The molecule has 2 aliphatic rings. The van der Waals surface area contributed by atoms with Crippen LogP contribution in [0.5, 0.6) is 11.5 Å². The topological polar surface area (TPSA) is 71.1 Å². The molecule has 0 radical (unpaired) electrons. The Balaban J connectivity index is 1.44. The molecule has 23 heavy (non-hydrogen) atoms. The molecule has 2 heterocycles. The lowest BCUT2D eigenvalue weighted by molar-refractivity contribution is -0.130. The molecule has 0 bridgehead atoms. The van der Waals surface area contributed by atoms with Crippen LogP contribution >= 0.6 is 0 Å². The molecule has 0 aliphatic carbocycles. The molecular formula is C16H21N3O4. The van der Waals surface area contributed by atoms with Crippen molar-refractivity contribution >= 4 is 11.9 Å². The smallest absolute Gasteiger partial charge is 0.317 e. The fourth-order valence-electron chi connectivity index (χ4n) is 2.70. The predicted octanol–water partition coefficient (Wildman–Crippen LogP) is 0.700. The number of nitrogens with zero attached hydrogens (tertiary/aromatic N) is 2. The average Bonchev–Trinajstić information content (AvgIpc) is 2.59. The molecule has 0 saturated carbocycles. The van der Waals surface area contributed by atoms with Gasteiger partial charge in [-0.25, -0.2) is 4.79 Å². The number of hydrogen-bond donors (Lipinski definition) is 1. The zero-order valence-corrected chi connectivity index (χ0v) is 13.2. The van der Waals surface area contributed by atoms with Crippen molar-refractivity contribution in [3.8, 4) is 11.5 Å². The summed E-state index contributed by atoms with van der Waals surface area (Å²) in [6.07, 6.45) is -0.202. The summed E-state index contributed by atoms with van der Waals surface area (Å²) in [5.41, 5.74) is 0. The van der Waals surface area contributed by atoms with Crippen LogP contribution in [-0.4, -0.2) is 67.2 Å². The second-order valence-electron chi connectivity index (χ2n) is 5.68. The van der Waals surface area contributed by atoms with Crippen LogP contribution in [0.2, 0.25) is 0 Å². The largest absolute Gasteiger partial charge is 0.486 e. The van der Waals surface area contributed by atoms with Gasteiger partial charge < -0.3 is 24.6 Å². The van der Waals surface area contributed by atoms with Gasteiger partial charge in [-0.2, -0.15) is 0 Å². The number of urea groups is 1. The molecule has 7 heteroatoms. The summed E-state index contributed by atoms with van der Waals surface area (Å²) in [5.74, 6) is 1.49. The molecule has 2 aliphatic heterocycles. The Labute approximate surface area is 135 Å². The maximum atomic E-state index is 12.2. The van der Waals surface area contributed by atoms with Crippen molar-refractivity contribution in [3.63, 3.8) is 0 Å². The fraction of sp³-hybridized carbons (Fsp3) is 0.500. The van der Waals surface area contributed by atoms with Crippen molar-refractivity contribution in [2.45, 2.75) is 13.0 Å². The Morgan fingerprint density at radius 1 is 1.13 bits per heavy atom. The summed E-state index contributed by atoms with van der Waals surface area (Å²) in [4.78, 5) is 26.9. The van der Waals surface area contributed by atoms with E-state index in [9.17, 15) is 9.59 Å². The SMILES string of the molecule is CC(=O)N1CCN(C(=O)NC[C@H]2COc3ccccc3O2)CC1. The number of carbonyl (C=O) groups is 2. The summed E-state index contributed by atoms with van der Waals surface area (Å²) in [6, 6.07) is 7.36. The van der Waals surface area contributed by atoms with E-state index in [0.717, 1.165) is 5.75 Å². The lowest BCUT2D eigenvalue weighted by Crippen LogP contribution is -2.54. The highest BCUT2D eigenvalue weighted by molar-refractivity contribution is 5.76. The highest BCUT2D eigenvalue weighted by Gasteiger charge is 2.25. The van der Waals surface area contributed by atoms with Gasteiger partial charge in [-0.3, -0.25) is 4.79 Å². The van der Waals surface area contributed by atoms with Crippen LogP contribution in [0.4, 0.5) is 4.79 Å². The lowest BCUT2D eigenvalue weighted by Gasteiger charge is -2.34. The number of carbonyl (C=O) groups excluding carboxylic acids is 2. The van der Waals surface area contributed by atoms with Gasteiger partial charge in [-0.05, 0) is 12.1 Å². The lowest BCUT2D eigenvalue weighted by atomic mass is 10.2. The molecule has 0 spiro atoms. The highest BCUT2D eigenvalue weighted by atomic mass is 16.6. The molecule has 0 unspecified atom stereocenters. The van der Waals surface area contributed by atoms with Crippen LogP contribution in [0, 0.1) is 0 Å². The summed E-state index contributed by atoms with van der Waals surface area (Å²) >= 11 is 0. The molecule has 1 saturated heterocycles. The van der Waals surface area contributed by atoms with Gasteiger partial charge in [0.25, 0.3) is 0 Å². The zero-order valence-electron chi connectivity index (χ0n) is 13.2. The van der Waals surface area contributed by atoms with E-state index < -0.39 is 0 Å². The fourth-order valence-corrected chi connectivity index (χ4v) is 2.70. The van der Waals surface area contributed by atoms with E-state index in [-0.39, 0.29) is 18.0 Å². The Bertz CT molecular complexity index is 584. The van der Waals surface area contributed by atoms with E-state index in [4.69, 9.17) is 9.47 Å². The molecule has 3 amide bonds. The monoisotopic (exact) mass is 319 g/mol. The van der Waals surface area contributed by atoms with Crippen LogP contribution in [0.1, 0.15) is 6.92 Å². The maximum Gasteiger partial charge on any atom is 0.317 e. The second-order valence-corrected chi connectivity index (χ2v) is 5.68. The van der Waals surface area contributed by atoms with E-state index in [1.807, 2.05) is 24.3 Å². The van der Waals surface area contributed by atoms with Gasteiger partial charge in [0.2, 0.25) is 5.91 Å². The number of piperazine rings is 1. The van der Waals surface area contributed by atoms with Crippen molar-refractivity contribution in [1.82, 2.24) is 15.1 Å². The van der Waals surface area contributed by atoms with E-state index in [1.54, 1.807) is 16.7 Å². The highest BCUT2D eigenvalue weighted by Crippen LogP contribution is 2.30. The molecule has 1 aromatic rings. The Morgan fingerprint density at radius 2 is 1.78 bits per heavy atom. The summed E-state index contributed by atoms with van der Waals surface area (Å²) in [5, 5.41) is 2.88. The third-order valence-corrected chi connectivity index (χ3v) is 4.06. The average molecular weight is 319 g/mol. The number of para-hydroxylation sites is 2. The molecule has 1 N–H and O–H groups in total. The summed E-state index contributed by atoms with van der Waals surface area (Å²) in [6.45, 7) is 4.62.